The Kier molecular flexibility index (Phi) is 45.5. The first-order chi connectivity index (χ1) is 28.5. The Bertz CT molecular complexity index is 878. The number of unbranched alkanes of at least 4 members (excludes halogenated alkanes) is 33. The molecule has 0 aromatic carbocycles. The van der Waals surface area contributed by atoms with Crippen LogP contribution in [0.25, 0.3) is 0 Å². The lowest BCUT2D eigenvalue weighted by Gasteiger charge is -2.24. The van der Waals surface area contributed by atoms with Crippen molar-refractivity contribution in [3.8, 4) is 0 Å². The van der Waals surface area contributed by atoms with Crippen LogP contribution in [0, 0.1) is 0 Å². The van der Waals surface area contributed by atoms with Crippen LogP contribution < -0.4 is 5.32 Å². The van der Waals surface area contributed by atoms with Gasteiger partial charge in [0.25, 0.3) is 0 Å². The molecule has 0 heterocycles. The molecule has 0 saturated carbocycles. The van der Waals surface area contributed by atoms with E-state index in [1.807, 2.05) is 0 Å². The van der Waals surface area contributed by atoms with Crippen molar-refractivity contribution in [2.75, 3.05) is 6.61 Å². The lowest BCUT2D eigenvalue weighted by atomic mass is 10.0. The maximum Gasteiger partial charge on any atom is 0.306 e. The number of carbonyl (C=O) groups excluding carboxylic acids is 2. The minimum absolute atomic E-state index is 0.0735. The molecule has 6 heteroatoms. The van der Waals surface area contributed by atoms with E-state index in [2.05, 4.69) is 38.2 Å². The van der Waals surface area contributed by atoms with Gasteiger partial charge in [0.1, 0.15) is 6.10 Å². The van der Waals surface area contributed by atoms with E-state index in [0.717, 1.165) is 57.8 Å². The highest BCUT2D eigenvalue weighted by Gasteiger charge is 2.24. The second-order valence-electron chi connectivity index (χ2n) is 17.9. The summed E-state index contributed by atoms with van der Waals surface area (Å²) in [6, 6.07) is -0.699. The van der Waals surface area contributed by atoms with Gasteiger partial charge in [-0.15, -0.1) is 0 Å². The van der Waals surface area contributed by atoms with Gasteiger partial charge in [-0.05, 0) is 51.4 Å². The molecule has 58 heavy (non-hydrogen) atoms. The molecule has 0 aliphatic carbocycles. The van der Waals surface area contributed by atoms with Crippen LogP contribution in [0.3, 0.4) is 0 Å². The fourth-order valence-electron chi connectivity index (χ4n) is 8.13. The Morgan fingerprint density at radius 3 is 1.24 bits per heavy atom. The number of hydrogen-bond acceptors (Lipinski definition) is 5. The second kappa shape index (κ2) is 46.7. The van der Waals surface area contributed by atoms with Gasteiger partial charge in [-0.2, -0.15) is 0 Å². The third kappa shape index (κ3) is 41.3. The summed E-state index contributed by atoms with van der Waals surface area (Å²) in [5.74, 6) is -0.476. The van der Waals surface area contributed by atoms with Crippen molar-refractivity contribution in [2.24, 2.45) is 0 Å². The Labute approximate surface area is 361 Å². The van der Waals surface area contributed by atoms with Gasteiger partial charge in [0.2, 0.25) is 5.91 Å². The molecule has 0 radical (unpaired) electrons. The number of esters is 1. The van der Waals surface area contributed by atoms with Crippen molar-refractivity contribution >= 4 is 11.9 Å². The maximum atomic E-state index is 13.2. The molecule has 344 valence electrons. The fraction of sp³-hybridized carbons (Fsp3) is 0.923. The average Bonchev–Trinajstić information content (AvgIpc) is 3.22. The number of aliphatic hydroxyl groups excluding tert-OH is 2. The molecule has 3 N–H and O–H groups in total. The highest BCUT2D eigenvalue weighted by molar-refractivity contribution is 5.77. The molecule has 0 saturated heterocycles. The summed E-state index contributed by atoms with van der Waals surface area (Å²) in [4.78, 5) is 26.0. The summed E-state index contributed by atoms with van der Waals surface area (Å²) in [7, 11) is 0. The third-order valence-electron chi connectivity index (χ3n) is 12.1. The zero-order valence-electron chi connectivity index (χ0n) is 39.2. The van der Waals surface area contributed by atoms with Gasteiger partial charge in [-0.3, -0.25) is 9.59 Å². The minimum Gasteiger partial charge on any atom is -0.462 e. The SMILES string of the molecule is CCCCCCCCC/C=C/CCCCCC(CC(=O)NC(CO)C(O)CCCCCCCCCCCCCCCCCC)OC(=O)CCCCCCCCCCC. The van der Waals surface area contributed by atoms with Gasteiger partial charge in [0.05, 0.1) is 25.2 Å². The first-order valence-corrected chi connectivity index (χ1v) is 25.9. The van der Waals surface area contributed by atoms with Crippen LogP contribution in [0.15, 0.2) is 12.2 Å². The molecule has 0 aromatic rings. The number of ether oxygens (including phenoxy) is 1. The van der Waals surface area contributed by atoms with Gasteiger partial charge in [0, 0.05) is 6.42 Å². The zero-order chi connectivity index (χ0) is 42.4. The summed E-state index contributed by atoms with van der Waals surface area (Å²) in [5, 5.41) is 23.8. The second-order valence-corrected chi connectivity index (χ2v) is 17.9. The monoisotopic (exact) mass is 820 g/mol. The van der Waals surface area contributed by atoms with Gasteiger partial charge < -0.3 is 20.3 Å². The van der Waals surface area contributed by atoms with Gasteiger partial charge in [-0.25, -0.2) is 0 Å². The Balaban J connectivity index is 4.48. The summed E-state index contributed by atoms with van der Waals surface area (Å²) < 4.78 is 5.91. The smallest absolute Gasteiger partial charge is 0.306 e. The highest BCUT2D eigenvalue weighted by Crippen LogP contribution is 2.18. The standard InChI is InChI=1S/C52H101NO5/c1-4-7-10-13-16-19-21-23-25-26-28-30-33-35-38-41-44-50(55)49(47-54)53-51(56)46-48(58-52(57)45-42-39-36-31-18-15-12-9-6-3)43-40-37-34-32-29-27-24-22-20-17-14-11-8-5-2/h27,29,48-50,54-55H,4-26,28,30-47H2,1-3H3,(H,53,56)/b29-27+. The van der Waals surface area contributed by atoms with Gasteiger partial charge >= 0.3 is 5.97 Å². The molecular formula is C52H101NO5. The van der Waals surface area contributed by atoms with Crippen molar-refractivity contribution in [2.45, 2.75) is 302 Å². The topological polar surface area (TPSA) is 95.9 Å². The molecule has 0 aliphatic heterocycles. The quantitative estimate of drug-likeness (QED) is 0.0323. The summed E-state index contributed by atoms with van der Waals surface area (Å²) in [5.41, 5.74) is 0. The Morgan fingerprint density at radius 1 is 0.483 bits per heavy atom. The molecule has 0 fully saturated rings. The fourth-order valence-corrected chi connectivity index (χ4v) is 8.13. The van der Waals surface area contributed by atoms with Crippen molar-refractivity contribution in [1.82, 2.24) is 5.32 Å². The number of amides is 1. The van der Waals surface area contributed by atoms with E-state index in [4.69, 9.17) is 4.74 Å². The molecule has 3 atom stereocenters. The molecule has 3 unspecified atom stereocenters. The number of aliphatic hydroxyl groups is 2. The molecule has 1 amide bonds. The number of carbonyl (C=O) groups is 2. The van der Waals surface area contributed by atoms with Crippen LogP contribution >= 0.6 is 0 Å². The van der Waals surface area contributed by atoms with Crippen LogP contribution in [-0.4, -0.2) is 46.9 Å². The Hall–Kier alpha value is -1.40. The predicted octanol–water partition coefficient (Wildman–Crippen LogP) is 15.3. The zero-order valence-corrected chi connectivity index (χ0v) is 39.2. The van der Waals surface area contributed by atoms with Gasteiger partial charge in [0.15, 0.2) is 0 Å². The molecule has 0 bridgehead atoms. The third-order valence-corrected chi connectivity index (χ3v) is 12.1. The van der Waals surface area contributed by atoms with Crippen LogP contribution in [0.4, 0.5) is 0 Å². The van der Waals surface area contributed by atoms with E-state index in [9.17, 15) is 19.8 Å². The first-order valence-electron chi connectivity index (χ1n) is 25.9. The molecular weight excluding hydrogens is 719 g/mol. The van der Waals surface area contributed by atoms with Crippen LogP contribution in [-0.2, 0) is 14.3 Å². The molecule has 0 rings (SSSR count). The molecule has 0 spiro atoms. The van der Waals surface area contributed by atoms with Crippen molar-refractivity contribution in [3.05, 3.63) is 12.2 Å². The average molecular weight is 820 g/mol. The molecule has 0 aliphatic rings. The van der Waals surface area contributed by atoms with Crippen LogP contribution in [0.2, 0.25) is 0 Å². The number of hydrogen-bond donors (Lipinski definition) is 3. The lowest BCUT2D eigenvalue weighted by molar-refractivity contribution is -0.151. The lowest BCUT2D eigenvalue weighted by Crippen LogP contribution is -2.46. The molecule has 6 nitrogen and oxygen atoms in total. The maximum absolute atomic E-state index is 13.2. The summed E-state index contributed by atoms with van der Waals surface area (Å²) in [6.07, 6.45) is 51.3. The predicted molar refractivity (Wildman–Crippen MR) is 250 cm³/mol. The number of allylic oxidation sites excluding steroid dienone is 2. The van der Waals surface area contributed by atoms with Crippen molar-refractivity contribution in [3.63, 3.8) is 0 Å². The first kappa shape index (κ1) is 56.6. The minimum atomic E-state index is -0.785. The Morgan fingerprint density at radius 2 is 0.828 bits per heavy atom. The number of rotatable bonds is 47. The summed E-state index contributed by atoms with van der Waals surface area (Å²) >= 11 is 0. The van der Waals surface area contributed by atoms with E-state index in [0.29, 0.717) is 19.3 Å². The number of nitrogens with one attached hydrogen (secondary N) is 1. The van der Waals surface area contributed by atoms with E-state index < -0.39 is 18.2 Å². The van der Waals surface area contributed by atoms with E-state index in [1.54, 1.807) is 0 Å². The summed E-state index contributed by atoms with van der Waals surface area (Å²) in [6.45, 7) is 6.48. The van der Waals surface area contributed by atoms with Gasteiger partial charge in [-0.1, -0.05) is 232 Å². The van der Waals surface area contributed by atoms with Crippen molar-refractivity contribution in [1.29, 1.82) is 0 Å². The van der Waals surface area contributed by atoms with Crippen LogP contribution in [0.1, 0.15) is 284 Å². The normalized spacial score (nSPS) is 13.3. The van der Waals surface area contributed by atoms with E-state index in [-0.39, 0.29) is 24.9 Å². The highest BCUT2D eigenvalue weighted by atomic mass is 16.5. The van der Waals surface area contributed by atoms with Crippen molar-refractivity contribution < 1.29 is 24.5 Å². The van der Waals surface area contributed by atoms with E-state index in [1.165, 1.54) is 180 Å². The van der Waals surface area contributed by atoms with E-state index >= 15 is 0 Å². The van der Waals surface area contributed by atoms with Crippen LogP contribution in [0.5, 0.6) is 0 Å². The largest absolute Gasteiger partial charge is 0.462 e. The molecule has 0 aromatic heterocycles.